The molecule has 8 heteroatoms. The van der Waals surface area contributed by atoms with Gasteiger partial charge in [-0.15, -0.1) is 0 Å². The van der Waals surface area contributed by atoms with Gasteiger partial charge in [-0.3, -0.25) is 9.59 Å². The summed E-state index contributed by atoms with van der Waals surface area (Å²) in [5.41, 5.74) is 2.15. The minimum absolute atomic E-state index is 0.0192. The van der Waals surface area contributed by atoms with E-state index in [0.29, 0.717) is 54.4 Å². The third-order valence-corrected chi connectivity index (χ3v) is 4.76. The second-order valence-electron chi connectivity index (χ2n) is 7.22. The lowest BCUT2D eigenvalue weighted by Crippen LogP contribution is -2.24. The van der Waals surface area contributed by atoms with E-state index in [2.05, 4.69) is 10.1 Å². The van der Waals surface area contributed by atoms with E-state index in [0.717, 1.165) is 19.1 Å². The maximum Gasteiger partial charge on any atom is 0.396 e. The first-order valence-corrected chi connectivity index (χ1v) is 10.4. The molecule has 0 saturated carbocycles. The average molecular weight is 443 g/mol. The molecule has 1 amide bonds. The Hall–Kier alpha value is -3.55. The first-order valence-electron chi connectivity index (χ1n) is 10.4. The number of ether oxygens (including phenoxy) is 3. The topological polar surface area (TPSA) is 111 Å². The van der Waals surface area contributed by atoms with Crippen molar-refractivity contribution in [2.45, 2.75) is 40.0 Å². The van der Waals surface area contributed by atoms with Crippen molar-refractivity contribution >= 4 is 23.3 Å². The minimum Gasteiger partial charge on any atom is -0.507 e. The lowest BCUT2D eigenvalue weighted by atomic mass is 10.0. The molecule has 2 aromatic carbocycles. The number of hydrogen-bond acceptors (Lipinski definition) is 7. The molecule has 0 radical (unpaired) electrons. The summed E-state index contributed by atoms with van der Waals surface area (Å²) >= 11 is 0. The molecule has 8 nitrogen and oxygen atoms in total. The van der Waals surface area contributed by atoms with E-state index in [4.69, 9.17) is 9.47 Å². The number of esters is 1. The molecule has 0 heterocycles. The van der Waals surface area contributed by atoms with Gasteiger partial charge >= 0.3 is 11.9 Å². The molecule has 0 aliphatic heterocycles. The van der Waals surface area contributed by atoms with Gasteiger partial charge in [-0.2, -0.15) is 0 Å². The number of aromatic hydroxyl groups is 1. The van der Waals surface area contributed by atoms with Crippen molar-refractivity contribution in [1.29, 1.82) is 0 Å². The molecule has 2 aromatic rings. The van der Waals surface area contributed by atoms with Crippen LogP contribution in [0.5, 0.6) is 17.2 Å². The van der Waals surface area contributed by atoms with Crippen molar-refractivity contribution in [1.82, 2.24) is 0 Å². The number of carbonyl (C=O) groups is 3. The summed E-state index contributed by atoms with van der Waals surface area (Å²) < 4.78 is 15.9. The number of ketones is 1. The molecule has 0 atom stereocenters. The second-order valence-corrected chi connectivity index (χ2v) is 7.22. The number of phenolic OH excluding ortho intramolecular Hbond substituents is 1. The third kappa shape index (κ3) is 6.47. The lowest BCUT2D eigenvalue weighted by molar-refractivity contribution is -0.150. The summed E-state index contributed by atoms with van der Waals surface area (Å²) in [4.78, 5) is 34.7. The fourth-order valence-electron chi connectivity index (χ4n) is 3.05. The summed E-state index contributed by atoms with van der Waals surface area (Å²) in [6.45, 7) is 5.91. The largest absolute Gasteiger partial charge is 0.507 e. The number of anilines is 1. The molecule has 0 unspecified atom stereocenters. The van der Waals surface area contributed by atoms with Crippen molar-refractivity contribution in [3.8, 4) is 17.2 Å². The van der Waals surface area contributed by atoms with Crippen LogP contribution in [0.15, 0.2) is 30.3 Å². The minimum atomic E-state index is -0.974. The summed E-state index contributed by atoms with van der Waals surface area (Å²) in [5.74, 6) is -0.960. The fraction of sp³-hybridized carbons (Fsp3) is 0.375. The van der Waals surface area contributed by atoms with Gasteiger partial charge in [0.1, 0.15) is 17.2 Å². The van der Waals surface area contributed by atoms with Crippen LogP contribution in [0.3, 0.4) is 0 Å². The molecule has 2 rings (SSSR count). The Bertz CT molecular complexity index is 985. The predicted octanol–water partition coefficient (Wildman–Crippen LogP) is 3.82. The van der Waals surface area contributed by atoms with Crippen LogP contribution in [0.2, 0.25) is 0 Å². The highest BCUT2D eigenvalue weighted by Gasteiger charge is 2.16. The zero-order valence-corrected chi connectivity index (χ0v) is 18.8. The van der Waals surface area contributed by atoms with E-state index >= 15 is 0 Å². The molecule has 2 N–H and O–H groups in total. The Balaban J connectivity index is 1.92. The molecule has 0 aliphatic rings. The second kappa shape index (κ2) is 11.7. The van der Waals surface area contributed by atoms with Gasteiger partial charge in [-0.25, -0.2) is 4.79 Å². The summed E-state index contributed by atoms with van der Waals surface area (Å²) in [5, 5.41) is 12.9. The van der Waals surface area contributed by atoms with E-state index in [-0.39, 0.29) is 11.5 Å². The number of hydrogen-bond donors (Lipinski definition) is 2. The van der Waals surface area contributed by atoms with Crippen molar-refractivity contribution in [2.75, 3.05) is 25.6 Å². The van der Waals surface area contributed by atoms with Crippen molar-refractivity contribution in [3.05, 3.63) is 47.0 Å². The Morgan fingerprint density at radius 1 is 1.06 bits per heavy atom. The number of carbonyl (C=O) groups excluding carboxylic acids is 3. The molecular weight excluding hydrogens is 414 g/mol. The van der Waals surface area contributed by atoms with Gasteiger partial charge in [0, 0.05) is 23.7 Å². The van der Waals surface area contributed by atoms with E-state index in [1.54, 1.807) is 37.3 Å². The number of phenols is 1. The maximum absolute atomic E-state index is 11.7. The monoisotopic (exact) mass is 443 g/mol. The van der Waals surface area contributed by atoms with Crippen LogP contribution >= 0.6 is 0 Å². The quantitative estimate of drug-likeness (QED) is 0.249. The number of nitrogens with one attached hydrogen (secondary N) is 1. The van der Waals surface area contributed by atoms with E-state index < -0.39 is 11.9 Å². The third-order valence-electron chi connectivity index (χ3n) is 4.76. The van der Waals surface area contributed by atoms with Gasteiger partial charge in [0.15, 0.2) is 5.78 Å². The van der Waals surface area contributed by atoms with Gasteiger partial charge in [0.2, 0.25) is 0 Å². The van der Waals surface area contributed by atoms with Gasteiger partial charge in [0.05, 0.1) is 25.9 Å². The van der Waals surface area contributed by atoms with Crippen molar-refractivity contribution < 1.29 is 33.7 Å². The lowest BCUT2D eigenvalue weighted by Gasteiger charge is -2.15. The van der Waals surface area contributed by atoms with E-state index in [1.807, 2.05) is 6.92 Å². The first kappa shape index (κ1) is 24.7. The number of aryl methyl sites for hydroxylation is 1. The standard InChI is InChI=1S/C24H29NO7/c1-5-7-19-21(11-10-18(16(3)26)22(19)27)32-13-6-12-31-17-9-8-15(2)20(14-17)25-23(28)24(29)30-4/h8-11,14,27H,5-7,12-13H2,1-4H3,(H,25,28). The predicted molar refractivity (Wildman–Crippen MR) is 120 cm³/mol. The van der Waals surface area contributed by atoms with Crippen LogP contribution < -0.4 is 14.8 Å². The molecule has 172 valence electrons. The Morgan fingerprint density at radius 2 is 1.78 bits per heavy atom. The zero-order chi connectivity index (χ0) is 23.7. The zero-order valence-electron chi connectivity index (χ0n) is 18.8. The average Bonchev–Trinajstić information content (AvgIpc) is 2.76. The van der Waals surface area contributed by atoms with Crippen LogP contribution in [0.25, 0.3) is 0 Å². The molecule has 0 saturated heterocycles. The number of Topliss-reactive ketones (excluding diaryl/α,β-unsaturated/α-hetero) is 1. The summed E-state index contributed by atoms with van der Waals surface area (Å²) in [6.07, 6.45) is 1.97. The Kier molecular flexibility index (Phi) is 9.07. The fourth-order valence-corrected chi connectivity index (χ4v) is 3.05. The first-order chi connectivity index (χ1) is 15.3. The Labute approximate surface area is 187 Å². The van der Waals surface area contributed by atoms with Crippen LogP contribution in [0.4, 0.5) is 5.69 Å². The SMILES string of the molecule is CCCc1c(OCCCOc2ccc(C)c(NC(=O)C(=O)OC)c2)ccc(C(C)=O)c1O. The van der Waals surface area contributed by atoms with Crippen LogP contribution in [-0.2, 0) is 20.7 Å². The molecule has 0 bridgehead atoms. The molecular formula is C24H29NO7. The molecule has 32 heavy (non-hydrogen) atoms. The molecule has 0 aromatic heterocycles. The smallest absolute Gasteiger partial charge is 0.396 e. The van der Waals surface area contributed by atoms with E-state index in [9.17, 15) is 19.5 Å². The number of amides is 1. The number of benzene rings is 2. The van der Waals surface area contributed by atoms with Gasteiger partial charge < -0.3 is 24.6 Å². The number of rotatable bonds is 10. The van der Waals surface area contributed by atoms with Crippen LogP contribution in [0.1, 0.15) is 48.2 Å². The maximum atomic E-state index is 11.7. The Morgan fingerprint density at radius 3 is 2.44 bits per heavy atom. The van der Waals surface area contributed by atoms with Crippen molar-refractivity contribution in [3.63, 3.8) is 0 Å². The summed E-state index contributed by atoms with van der Waals surface area (Å²) in [7, 11) is 1.14. The van der Waals surface area contributed by atoms with Gasteiger partial charge in [0.25, 0.3) is 0 Å². The van der Waals surface area contributed by atoms with E-state index in [1.165, 1.54) is 6.92 Å². The highest BCUT2D eigenvalue weighted by atomic mass is 16.5. The van der Waals surface area contributed by atoms with Gasteiger partial charge in [-0.1, -0.05) is 19.4 Å². The highest BCUT2D eigenvalue weighted by molar-refractivity contribution is 6.37. The molecule has 0 spiro atoms. The normalized spacial score (nSPS) is 10.4. The van der Waals surface area contributed by atoms with Crippen LogP contribution in [-0.4, -0.2) is 43.1 Å². The summed E-state index contributed by atoms with van der Waals surface area (Å²) in [6, 6.07) is 8.45. The number of methoxy groups -OCH3 is 1. The molecule has 0 fully saturated rings. The van der Waals surface area contributed by atoms with Gasteiger partial charge in [-0.05, 0) is 44.0 Å². The van der Waals surface area contributed by atoms with Crippen molar-refractivity contribution in [2.24, 2.45) is 0 Å². The highest BCUT2D eigenvalue weighted by Crippen LogP contribution is 2.33. The van der Waals surface area contributed by atoms with Crippen LogP contribution in [0, 0.1) is 6.92 Å². The molecule has 0 aliphatic carbocycles.